The van der Waals surface area contributed by atoms with Gasteiger partial charge in [-0.3, -0.25) is 9.67 Å². The minimum Gasteiger partial charge on any atom is -0.487 e. The van der Waals surface area contributed by atoms with Gasteiger partial charge in [0.1, 0.15) is 12.4 Å². The summed E-state index contributed by atoms with van der Waals surface area (Å²) in [5.41, 5.74) is 3.03. The Kier molecular flexibility index (Phi) is 5.12. The van der Waals surface area contributed by atoms with Crippen LogP contribution in [0, 0.1) is 6.92 Å². The van der Waals surface area contributed by atoms with Crippen LogP contribution in [0.15, 0.2) is 24.5 Å². The molecule has 1 N–H and O–H groups in total. The lowest BCUT2D eigenvalue weighted by Gasteiger charge is -2.11. The smallest absolute Gasteiger partial charge is 0.142 e. The third-order valence-electron chi connectivity index (χ3n) is 3.02. The molecular formula is C15H22N4O. The molecule has 0 aliphatic carbocycles. The van der Waals surface area contributed by atoms with Gasteiger partial charge in [-0.15, -0.1) is 0 Å². The largest absolute Gasteiger partial charge is 0.487 e. The standard InChI is InChI=1S/C15H22N4O/c1-4-16-9-14-15(7-6-12(3)18-14)20-11-13-8-17-19(5-2)10-13/h6-8,10,16H,4-5,9,11H2,1-3H3. The van der Waals surface area contributed by atoms with Gasteiger partial charge in [0.2, 0.25) is 0 Å². The first-order chi connectivity index (χ1) is 9.72. The molecule has 5 heteroatoms. The molecule has 20 heavy (non-hydrogen) atoms. The number of aryl methyl sites for hydroxylation is 2. The Labute approximate surface area is 120 Å². The molecule has 0 aliphatic rings. The SMILES string of the molecule is CCNCc1nc(C)ccc1OCc1cnn(CC)c1. The van der Waals surface area contributed by atoms with Crippen molar-refractivity contribution in [2.75, 3.05) is 6.54 Å². The monoisotopic (exact) mass is 274 g/mol. The van der Waals surface area contributed by atoms with E-state index >= 15 is 0 Å². The Hall–Kier alpha value is -1.88. The zero-order valence-corrected chi connectivity index (χ0v) is 12.4. The molecule has 108 valence electrons. The molecule has 5 nitrogen and oxygen atoms in total. The average molecular weight is 274 g/mol. The van der Waals surface area contributed by atoms with Gasteiger partial charge >= 0.3 is 0 Å². The fourth-order valence-corrected chi connectivity index (χ4v) is 1.91. The number of rotatable bonds is 7. The van der Waals surface area contributed by atoms with Crippen molar-refractivity contribution in [3.63, 3.8) is 0 Å². The summed E-state index contributed by atoms with van der Waals surface area (Å²) >= 11 is 0. The summed E-state index contributed by atoms with van der Waals surface area (Å²) in [5.74, 6) is 0.834. The number of nitrogens with zero attached hydrogens (tertiary/aromatic N) is 3. The summed E-state index contributed by atoms with van der Waals surface area (Å²) in [7, 11) is 0. The van der Waals surface area contributed by atoms with Crippen LogP contribution < -0.4 is 10.1 Å². The third kappa shape index (κ3) is 3.81. The van der Waals surface area contributed by atoms with Crippen molar-refractivity contribution in [3.8, 4) is 5.75 Å². The molecule has 2 aromatic rings. The Morgan fingerprint density at radius 3 is 2.85 bits per heavy atom. The van der Waals surface area contributed by atoms with Gasteiger partial charge in [-0.05, 0) is 32.5 Å². The summed E-state index contributed by atoms with van der Waals surface area (Å²) in [6.45, 7) is 9.16. The van der Waals surface area contributed by atoms with Gasteiger partial charge in [-0.1, -0.05) is 6.92 Å². The van der Waals surface area contributed by atoms with Crippen molar-refractivity contribution in [1.82, 2.24) is 20.1 Å². The van der Waals surface area contributed by atoms with Crippen LogP contribution in [0.4, 0.5) is 0 Å². The molecule has 0 bridgehead atoms. The number of hydrogen-bond acceptors (Lipinski definition) is 4. The summed E-state index contributed by atoms with van der Waals surface area (Å²) in [5, 5.41) is 7.53. The first kappa shape index (κ1) is 14.5. The van der Waals surface area contributed by atoms with E-state index in [0.717, 1.165) is 42.3 Å². The lowest BCUT2D eigenvalue weighted by atomic mass is 10.2. The van der Waals surface area contributed by atoms with E-state index in [1.807, 2.05) is 36.1 Å². The topological polar surface area (TPSA) is 52.0 Å². The van der Waals surface area contributed by atoms with Crippen LogP contribution >= 0.6 is 0 Å². The molecule has 0 amide bonds. The molecule has 0 spiro atoms. The maximum absolute atomic E-state index is 5.88. The second-order valence-electron chi connectivity index (χ2n) is 4.67. The molecule has 0 aliphatic heterocycles. The van der Waals surface area contributed by atoms with E-state index in [1.54, 1.807) is 0 Å². The van der Waals surface area contributed by atoms with Crippen LogP contribution in [0.25, 0.3) is 0 Å². The van der Waals surface area contributed by atoms with E-state index in [1.165, 1.54) is 0 Å². The summed E-state index contributed by atoms with van der Waals surface area (Å²) in [6.07, 6.45) is 3.85. The van der Waals surface area contributed by atoms with E-state index in [9.17, 15) is 0 Å². The summed E-state index contributed by atoms with van der Waals surface area (Å²) in [4.78, 5) is 4.54. The van der Waals surface area contributed by atoms with Crippen molar-refractivity contribution >= 4 is 0 Å². The predicted molar refractivity (Wildman–Crippen MR) is 78.6 cm³/mol. The second kappa shape index (κ2) is 7.05. The minimum absolute atomic E-state index is 0.518. The molecular weight excluding hydrogens is 252 g/mol. The van der Waals surface area contributed by atoms with E-state index in [-0.39, 0.29) is 0 Å². The van der Waals surface area contributed by atoms with E-state index in [4.69, 9.17) is 4.74 Å². The molecule has 0 saturated carbocycles. The third-order valence-corrected chi connectivity index (χ3v) is 3.02. The Morgan fingerprint density at radius 1 is 1.30 bits per heavy atom. The Bertz CT molecular complexity index is 551. The average Bonchev–Trinajstić information content (AvgIpc) is 2.92. The highest BCUT2D eigenvalue weighted by Crippen LogP contribution is 2.18. The van der Waals surface area contributed by atoms with E-state index in [0.29, 0.717) is 6.61 Å². The molecule has 0 fully saturated rings. The number of hydrogen-bond donors (Lipinski definition) is 1. The molecule has 2 heterocycles. The van der Waals surface area contributed by atoms with Gasteiger partial charge in [-0.25, -0.2) is 0 Å². The van der Waals surface area contributed by atoms with Crippen molar-refractivity contribution in [3.05, 3.63) is 41.5 Å². The van der Waals surface area contributed by atoms with Crippen molar-refractivity contribution < 1.29 is 4.74 Å². The van der Waals surface area contributed by atoms with Crippen LogP contribution in [0.5, 0.6) is 5.75 Å². The van der Waals surface area contributed by atoms with E-state index in [2.05, 4.69) is 29.2 Å². The Morgan fingerprint density at radius 2 is 2.15 bits per heavy atom. The number of nitrogens with one attached hydrogen (secondary N) is 1. The number of ether oxygens (including phenoxy) is 1. The molecule has 2 rings (SSSR count). The summed E-state index contributed by atoms with van der Waals surface area (Å²) in [6, 6.07) is 3.96. The highest BCUT2D eigenvalue weighted by Gasteiger charge is 2.07. The second-order valence-corrected chi connectivity index (χ2v) is 4.67. The van der Waals surface area contributed by atoms with Crippen LogP contribution in [0.3, 0.4) is 0 Å². The highest BCUT2D eigenvalue weighted by atomic mass is 16.5. The molecule has 0 atom stereocenters. The van der Waals surface area contributed by atoms with Crippen molar-refractivity contribution in [2.45, 2.75) is 40.5 Å². The van der Waals surface area contributed by atoms with Crippen LogP contribution in [-0.4, -0.2) is 21.3 Å². The first-order valence-corrected chi connectivity index (χ1v) is 7.04. The predicted octanol–water partition coefficient (Wildman–Crippen LogP) is 2.29. The Balaban J connectivity index is 2.04. The quantitative estimate of drug-likeness (QED) is 0.841. The number of aromatic nitrogens is 3. The molecule has 0 saturated heterocycles. The maximum atomic E-state index is 5.88. The van der Waals surface area contributed by atoms with Gasteiger partial charge in [0.25, 0.3) is 0 Å². The fourth-order valence-electron chi connectivity index (χ4n) is 1.91. The maximum Gasteiger partial charge on any atom is 0.142 e. The normalized spacial score (nSPS) is 10.8. The van der Waals surface area contributed by atoms with E-state index < -0.39 is 0 Å². The minimum atomic E-state index is 0.518. The van der Waals surface area contributed by atoms with Gasteiger partial charge in [-0.2, -0.15) is 5.10 Å². The molecule has 2 aromatic heterocycles. The fraction of sp³-hybridized carbons (Fsp3) is 0.467. The van der Waals surface area contributed by atoms with Crippen molar-refractivity contribution in [2.24, 2.45) is 0 Å². The first-order valence-electron chi connectivity index (χ1n) is 7.04. The summed E-state index contributed by atoms with van der Waals surface area (Å²) < 4.78 is 7.77. The molecule has 0 aromatic carbocycles. The van der Waals surface area contributed by atoms with Gasteiger partial charge in [0.05, 0.1) is 11.9 Å². The zero-order valence-electron chi connectivity index (χ0n) is 12.4. The lowest BCUT2D eigenvalue weighted by molar-refractivity contribution is 0.300. The molecule has 0 unspecified atom stereocenters. The van der Waals surface area contributed by atoms with Gasteiger partial charge < -0.3 is 10.1 Å². The van der Waals surface area contributed by atoms with Crippen LogP contribution in [0.1, 0.15) is 30.8 Å². The van der Waals surface area contributed by atoms with Crippen LogP contribution in [-0.2, 0) is 19.7 Å². The number of pyridine rings is 1. The van der Waals surface area contributed by atoms with Crippen LogP contribution in [0.2, 0.25) is 0 Å². The van der Waals surface area contributed by atoms with Gasteiger partial charge in [0, 0.05) is 30.5 Å². The van der Waals surface area contributed by atoms with Crippen molar-refractivity contribution in [1.29, 1.82) is 0 Å². The van der Waals surface area contributed by atoms with Gasteiger partial charge in [0.15, 0.2) is 0 Å². The highest BCUT2D eigenvalue weighted by molar-refractivity contribution is 5.29. The zero-order chi connectivity index (χ0) is 14.4. The lowest BCUT2D eigenvalue weighted by Crippen LogP contribution is -2.14. The molecule has 0 radical (unpaired) electrons.